The third kappa shape index (κ3) is 5.05. The number of fused-ring (bicyclic) bond motifs is 1. The Kier molecular flexibility index (Phi) is 6.51. The van der Waals surface area contributed by atoms with Crippen LogP contribution in [0.3, 0.4) is 0 Å². The fourth-order valence-electron chi connectivity index (χ4n) is 5.31. The fraction of sp³-hybridized carbons (Fsp3) is 0.423. The van der Waals surface area contributed by atoms with Gasteiger partial charge in [0.15, 0.2) is 0 Å². The number of hydrogen-bond acceptors (Lipinski definition) is 5. The second-order valence-corrected chi connectivity index (χ2v) is 9.39. The van der Waals surface area contributed by atoms with E-state index >= 15 is 0 Å². The fourth-order valence-corrected chi connectivity index (χ4v) is 5.31. The van der Waals surface area contributed by atoms with E-state index in [-0.39, 0.29) is 24.0 Å². The Hall–Kier alpha value is -3.33. The van der Waals surface area contributed by atoms with E-state index in [1.807, 2.05) is 24.3 Å². The molecule has 1 N–H and O–H groups in total. The van der Waals surface area contributed by atoms with Gasteiger partial charge in [-0.15, -0.1) is 0 Å². The molecule has 5 rings (SSSR count). The van der Waals surface area contributed by atoms with Crippen LogP contribution in [0.4, 0.5) is 8.78 Å². The third-order valence-electron chi connectivity index (χ3n) is 7.16. The SMILES string of the molecule is O=C1CCC(N2Cc3cc(C4CCN(Cc5ccc(OC(F)F)cc5)CC4)ccc3C2=O)C(=O)N1. The van der Waals surface area contributed by atoms with E-state index in [0.717, 1.165) is 43.6 Å². The summed E-state index contributed by atoms with van der Waals surface area (Å²) in [6.45, 7) is 0.147. The molecule has 1 atom stereocenters. The maximum Gasteiger partial charge on any atom is 0.387 e. The Labute approximate surface area is 202 Å². The number of ether oxygens (including phenoxy) is 1. The first-order valence-electron chi connectivity index (χ1n) is 11.9. The molecule has 9 heteroatoms. The van der Waals surface area contributed by atoms with Crippen LogP contribution < -0.4 is 10.1 Å². The number of piperidine rings is 2. The van der Waals surface area contributed by atoms with Crippen molar-refractivity contribution >= 4 is 17.7 Å². The van der Waals surface area contributed by atoms with Crippen molar-refractivity contribution in [3.05, 3.63) is 64.7 Å². The average Bonchev–Trinajstić information content (AvgIpc) is 3.16. The molecule has 2 saturated heterocycles. The largest absolute Gasteiger partial charge is 0.435 e. The monoisotopic (exact) mass is 483 g/mol. The van der Waals surface area contributed by atoms with Gasteiger partial charge in [-0.25, -0.2) is 0 Å². The minimum Gasteiger partial charge on any atom is -0.435 e. The molecule has 3 amide bonds. The molecular formula is C26H27F2N3O4. The van der Waals surface area contributed by atoms with Gasteiger partial charge in [0.2, 0.25) is 11.8 Å². The van der Waals surface area contributed by atoms with Crippen molar-refractivity contribution in [2.24, 2.45) is 0 Å². The Morgan fingerprint density at radius 2 is 1.74 bits per heavy atom. The first-order valence-corrected chi connectivity index (χ1v) is 11.9. The van der Waals surface area contributed by atoms with E-state index in [2.05, 4.69) is 21.0 Å². The van der Waals surface area contributed by atoms with Crippen molar-refractivity contribution in [3.8, 4) is 5.75 Å². The summed E-state index contributed by atoms with van der Waals surface area (Å²) in [5.41, 5.74) is 3.82. The van der Waals surface area contributed by atoms with Gasteiger partial charge < -0.3 is 9.64 Å². The lowest BCUT2D eigenvalue weighted by Gasteiger charge is -2.32. The normalized spacial score (nSPS) is 21.4. The van der Waals surface area contributed by atoms with Crippen LogP contribution in [-0.2, 0) is 22.7 Å². The third-order valence-corrected chi connectivity index (χ3v) is 7.16. The quantitative estimate of drug-likeness (QED) is 0.637. The Balaban J connectivity index is 1.18. The lowest BCUT2D eigenvalue weighted by molar-refractivity contribution is -0.136. The number of nitrogens with one attached hydrogen (secondary N) is 1. The molecule has 7 nitrogen and oxygen atoms in total. The highest BCUT2D eigenvalue weighted by Gasteiger charge is 2.39. The lowest BCUT2D eigenvalue weighted by Crippen LogP contribution is -2.52. The molecule has 0 aliphatic carbocycles. The zero-order valence-corrected chi connectivity index (χ0v) is 19.2. The molecule has 1 unspecified atom stereocenters. The van der Waals surface area contributed by atoms with Crippen LogP contribution in [-0.4, -0.2) is 53.3 Å². The first kappa shape index (κ1) is 23.4. The van der Waals surface area contributed by atoms with Gasteiger partial charge in [-0.2, -0.15) is 8.78 Å². The van der Waals surface area contributed by atoms with Gasteiger partial charge in [-0.3, -0.25) is 24.6 Å². The number of amides is 3. The van der Waals surface area contributed by atoms with Crippen molar-refractivity contribution in [2.45, 2.75) is 57.3 Å². The van der Waals surface area contributed by atoms with E-state index in [4.69, 9.17) is 0 Å². The van der Waals surface area contributed by atoms with Gasteiger partial charge in [0.05, 0.1) is 0 Å². The molecule has 0 spiro atoms. The zero-order chi connectivity index (χ0) is 24.5. The van der Waals surface area contributed by atoms with Crippen molar-refractivity contribution in [2.75, 3.05) is 13.1 Å². The van der Waals surface area contributed by atoms with E-state index in [1.165, 1.54) is 5.56 Å². The predicted molar refractivity (Wildman–Crippen MR) is 123 cm³/mol. The number of carbonyl (C=O) groups is 3. The van der Waals surface area contributed by atoms with Crippen LogP contribution in [0.2, 0.25) is 0 Å². The van der Waals surface area contributed by atoms with Gasteiger partial charge in [0.1, 0.15) is 11.8 Å². The van der Waals surface area contributed by atoms with E-state index < -0.39 is 18.6 Å². The summed E-state index contributed by atoms with van der Waals surface area (Å²) >= 11 is 0. The second-order valence-electron chi connectivity index (χ2n) is 9.39. The maximum atomic E-state index is 12.9. The number of alkyl halides is 2. The van der Waals surface area contributed by atoms with Crippen LogP contribution in [0.5, 0.6) is 5.75 Å². The molecule has 3 heterocycles. The number of imide groups is 1. The smallest absolute Gasteiger partial charge is 0.387 e. The standard InChI is InChI=1S/C26H27F2N3O4/c27-26(28)35-20-4-1-16(2-5-20)14-30-11-9-17(10-12-30)18-3-6-21-19(13-18)15-31(25(21)34)22-7-8-23(32)29-24(22)33/h1-6,13,17,22,26H,7-12,14-15H2,(H,29,32,33). The molecule has 0 radical (unpaired) electrons. The Morgan fingerprint density at radius 3 is 2.43 bits per heavy atom. The maximum absolute atomic E-state index is 12.9. The lowest BCUT2D eigenvalue weighted by atomic mass is 9.87. The molecule has 3 aliphatic rings. The molecule has 35 heavy (non-hydrogen) atoms. The first-order chi connectivity index (χ1) is 16.9. The number of hydrogen-bond donors (Lipinski definition) is 1. The summed E-state index contributed by atoms with van der Waals surface area (Å²) in [4.78, 5) is 40.6. The van der Waals surface area contributed by atoms with Crippen LogP contribution in [0, 0.1) is 0 Å². The summed E-state index contributed by atoms with van der Waals surface area (Å²) in [7, 11) is 0. The van der Waals surface area contributed by atoms with Gasteiger partial charge >= 0.3 is 6.61 Å². The summed E-state index contributed by atoms with van der Waals surface area (Å²) < 4.78 is 29.0. The van der Waals surface area contributed by atoms with Crippen molar-refractivity contribution in [1.82, 2.24) is 15.1 Å². The van der Waals surface area contributed by atoms with Gasteiger partial charge in [-0.05, 0) is 73.2 Å². The summed E-state index contributed by atoms with van der Waals surface area (Å²) in [6, 6.07) is 12.2. The van der Waals surface area contributed by atoms with E-state index in [1.54, 1.807) is 17.0 Å². The Morgan fingerprint density at radius 1 is 1.00 bits per heavy atom. The molecule has 0 saturated carbocycles. The molecule has 2 aromatic carbocycles. The van der Waals surface area contributed by atoms with Crippen molar-refractivity contribution in [1.29, 1.82) is 0 Å². The number of halogens is 2. The summed E-state index contributed by atoms with van der Waals surface area (Å²) in [5, 5.41) is 2.34. The van der Waals surface area contributed by atoms with Crippen LogP contribution in [0.15, 0.2) is 42.5 Å². The number of benzene rings is 2. The minimum atomic E-state index is -2.82. The zero-order valence-electron chi connectivity index (χ0n) is 19.2. The van der Waals surface area contributed by atoms with E-state index in [9.17, 15) is 23.2 Å². The van der Waals surface area contributed by atoms with Crippen LogP contribution >= 0.6 is 0 Å². The molecule has 0 aromatic heterocycles. The van der Waals surface area contributed by atoms with Gasteiger partial charge in [0.25, 0.3) is 5.91 Å². The predicted octanol–water partition coefficient (Wildman–Crippen LogP) is 3.43. The summed E-state index contributed by atoms with van der Waals surface area (Å²) in [5.74, 6) is -0.291. The highest BCUT2D eigenvalue weighted by Crippen LogP contribution is 2.34. The molecular weight excluding hydrogens is 456 g/mol. The molecule has 2 fully saturated rings. The number of carbonyl (C=O) groups excluding carboxylic acids is 3. The van der Waals surface area contributed by atoms with Crippen LogP contribution in [0.25, 0.3) is 0 Å². The molecule has 2 aromatic rings. The van der Waals surface area contributed by atoms with E-state index in [0.29, 0.717) is 24.4 Å². The minimum absolute atomic E-state index is 0.152. The van der Waals surface area contributed by atoms with Crippen LogP contribution in [0.1, 0.15) is 58.6 Å². The molecule has 3 aliphatic heterocycles. The highest BCUT2D eigenvalue weighted by molar-refractivity contribution is 6.05. The van der Waals surface area contributed by atoms with Gasteiger partial charge in [0, 0.05) is 25.1 Å². The average molecular weight is 484 g/mol. The summed E-state index contributed by atoms with van der Waals surface area (Å²) in [6.07, 6.45) is 2.57. The number of likely N-dealkylation sites (tertiary alicyclic amines) is 1. The highest BCUT2D eigenvalue weighted by atomic mass is 19.3. The topological polar surface area (TPSA) is 79.0 Å². The molecule has 184 valence electrons. The number of nitrogens with zero attached hydrogens (tertiary/aromatic N) is 2. The Bertz CT molecular complexity index is 1130. The van der Waals surface area contributed by atoms with Crippen molar-refractivity contribution in [3.63, 3.8) is 0 Å². The second kappa shape index (κ2) is 9.73. The molecule has 0 bridgehead atoms. The van der Waals surface area contributed by atoms with Gasteiger partial charge in [-0.1, -0.05) is 24.3 Å². The number of rotatable bonds is 6. The van der Waals surface area contributed by atoms with Crippen molar-refractivity contribution < 1.29 is 27.9 Å².